The highest BCUT2D eigenvalue weighted by Gasteiger charge is 2.21. The van der Waals surface area contributed by atoms with Gasteiger partial charge in [-0.2, -0.15) is 5.10 Å². The smallest absolute Gasteiger partial charge is 0.182 e. The molecule has 0 unspecified atom stereocenters. The minimum absolute atomic E-state index is 0.0556. The molecular formula is C26H26N2O4S. The van der Waals surface area contributed by atoms with Crippen molar-refractivity contribution in [3.05, 3.63) is 107 Å². The molecule has 0 saturated heterocycles. The molecule has 1 aromatic heterocycles. The Kier molecular flexibility index (Phi) is 6.74. The van der Waals surface area contributed by atoms with E-state index in [1.54, 1.807) is 35.0 Å². The van der Waals surface area contributed by atoms with Crippen LogP contribution >= 0.6 is 0 Å². The van der Waals surface area contributed by atoms with Crippen molar-refractivity contribution in [1.82, 2.24) is 9.78 Å². The summed E-state index contributed by atoms with van der Waals surface area (Å²) < 4.78 is 27.7. The zero-order chi connectivity index (χ0) is 23.4. The van der Waals surface area contributed by atoms with Crippen molar-refractivity contribution in [2.45, 2.75) is 36.8 Å². The second-order valence-electron chi connectivity index (χ2n) is 7.96. The summed E-state index contributed by atoms with van der Waals surface area (Å²) in [6, 6.07) is 25.5. The second-order valence-corrected chi connectivity index (χ2v) is 9.95. The average molecular weight is 463 g/mol. The molecule has 3 aromatic carbocycles. The molecule has 0 fully saturated rings. The van der Waals surface area contributed by atoms with Gasteiger partial charge in [0, 0.05) is 23.2 Å². The third kappa shape index (κ3) is 5.22. The highest BCUT2D eigenvalue weighted by molar-refractivity contribution is 7.90. The number of nitrogens with zero attached hydrogens (tertiary/aromatic N) is 2. The quantitative estimate of drug-likeness (QED) is 0.389. The summed E-state index contributed by atoms with van der Waals surface area (Å²) in [6.45, 7) is 2.26. The summed E-state index contributed by atoms with van der Waals surface area (Å²) in [5.74, 6) is -0.110. The predicted molar refractivity (Wildman–Crippen MR) is 127 cm³/mol. The molecule has 0 aliphatic carbocycles. The molecule has 0 radical (unpaired) electrons. The monoisotopic (exact) mass is 462 g/mol. The number of aromatic nitrogens is 2. The molecule has 0 bridgehead atoms. The lowest BCUT2D eigenvalue weighted by atomic mass is 10.0. The molecule has 0 saturated carbocycles. The number of sulfone groups is 1. The molecule has 2 N–H and O–H groups in total. The van der Waals surface area contributed by atoms with Gasteiger partial charge >= 0.3 is 0 Å². The van der Waals surface area contributed by atoms with Crippen LogP contribution in [0, 0.1) is 6.92 Å². The highest BCUT2D eigenvalue weighted by Crippen LogP contribution is 2.28. The van der Waals surface area contributed by atoms with Crippen molar-refractivity contribution in [1.29, 1.82) is 0 Å². The van der Waals surface area contributed by atoms with Crippen LogP contribution < -0.4 is 0 Å². The van der Waals surface area contributed by atoms with E-state index in [1.165, 1.54) is 0 Å². The van der Waals surface area contributed by atoms with E-state index >= 15 is 0 Å². The predicted octanol–water partition coefficient (Wildman–Crippen LogP) is 3.73. The first-order valence-electron chi connectivity index (χ1n) is 10.7. The highest BCUT2D eigenvalue weighted by atomic mass is 32.2. The molecule has 0 spiro atoms. The summed E-state index contributed by atoms with van der Waals surface area (Å²) in [4.78, 5) is 0.292. The van der Waals surface area contributed by atoms with Crippen LogP contribution in [-0.4, -0.2) is 34.7 Å². The van der Waals surface area contributed by atoms with E-state index in [1.807, 2.05) is 61.5 Å². The maximum absolute atomic E-state index is 13.0. The Balaban J connectivity index is 1.70. The van der Waals surface area contributed by atoms with Crippen LogP contribution in [0.25, 0.3) is 11.3 Å². The average Bonchev–Trinajstić information content (AvgIpc) is 3.11. The van der Waals surface area contributed by atoms with Gasteiger partial charge in [-0.15, -0.1) is 0 Å². The number of aliphatic hydroxyl groups excluding tert-OH is 1. The molecule has 33 heavy (non-hydrogen) atoms. The summed E-state index contributed by atoms with van der Waals surface area (Å²) in [6.07, 6.45) is -1.44. The summed E-state index contributed by atoms with van der Waals surface area (Å²) in [5, 5.41) is 24.0. The van der Waals surface area contributed by atoms with Crippen molar-refractivity contribution in [3.8, 4) is 11.3 Å². The largest absolute Gasteiger partial charge is 0.368 e. The first kappa shape index (κ1) is 22.9. The number of rotatable bonds is 8. The van der Waals surface area contributed by atoms with Gasteiger partial charge in [0.05, 0.1) is 22.9 Å². The Labute approximate surface area is 193 Å². The van der Waals surface area contributed by atoms with Gasteiger partial charge in [-0.1, -0.05) is 72.8 Å². The lowest BCUT2D eigenvalue weighted by molar-refractivity contribution is -0.0381. The Morgan fingerprint density at radius 1 is 0.848 bits per heavy atom. The van der Waals surface area contributed by atoms with Crippen LogP contribution in [0.2, 0.25) is 0 Å². The summed E-state index contributed by atoms with van der Waals surface area (Å²) in [5.41, 5.74) is 4.69. The van der Waals surface area contributed by atoms with Crippen LogP contribution in [0.5, 0.6) is 0 Å². The second kappa shape index (κ2) is 9.70. The minimum Gasteiger partial charge on any atom is -0.368 e. The molecule has 0 amide bonds. The van der Waals surface area contributed by atoms with E-state index in [-0.39, 0.29) is 12.2 Å². The fourth-order valence-electron chi connectivity index (χ4n) is 3.92. The van der Waals surface area contributed by atoms with Crippen molar-refractivity contribution < 1.29 is 18.6 Å². The molecule has 0 aliphatic rings. The van der Waals surface area contributed by atoms with Crippen molar-refractivity contribution >= 4 is 9.84 Å². The fourth-order valence-corrected chi connectivity index (χ4v) is 5.35. The van der Waals surface area contributed by atoms with Gasteiger partial charge in [-0.3, -0.25) is 4.68 Å². The van der Waals surface area contributed by atoms with E-state index in [0.29, 0.717) is 22.7 Å². The number of aliphatic hydroxyl groups is 2. The summed E-state index contributed by atoms with van der Waals surface area (Å²) in [7, 11) is -3.50. The maximum Gasteiger partial charge on any atom is 0.182 e. The zero-order valence-electron chi connectivity index (χ0n) is 18.3. The third-order valence-corrected chi connectivity index (χ3v) is 7.33. The molecule has 7 heteroatoms. The Hall–Kier alpha value is -3.26. The van der Waals surface area contributed by atoms with Crippen molar-refractivity contribution in [2.24, 2.45) is 0 Å². The van der Waals surface area contributed by atoms with Gasteiger partial charge in [0.2, 0.25) is 0 Å². The van der Waals surface area contributed by atoms with E-state index in [0.717, 1.165) is 22.4 Å². The van der Waals surface area contributed by atoms with Crippen LogP contribution in [0.4, 0.5) is 0 Å². The van der Waals surface area contributed by atoms with Crippen molar-refractivity contribution in [3.63, 3.8) is 0 Å². The van der Waals surface area contributed by atoms with E-state index in [2.05, 4.69) is 0 Å². The molecule has 4 rings (SSSR count). The van der Waals surface area contributed by atoms with Crippen LogP contribution in [-0.2, 0) is 28.6 Å². The van der Waals surface area contributed by atoms with Gasteiger partial charge in [0.25, 0.3) is 0 Å². The van der Waals surface area contributed by atoms with Gasteiger partial charge in [0.15, 0.2) is 16.1 Å². The van der Waals surface area contributed by atoms with Gasteiger partial charge < -0.3 is 10.2 Å². The summed E-state index contributed by atoms with van der Waals surface area (Å²) >= 11 is 0. The standard InChI is InChI=1S/C26H26N2O4S/c1-19-24(16-25(29)30)26(20-10-4-2-5-11-20)27-28(19)17-21-12-8-9-13-22(21)18-33(31,32)23-14-6-3-7-15-23/h2-15,25,29-30H,16-18H2,1H3. The first-order chi connectivity index (χ1) is 15.8. The number of hydrogen-bond donors (Lipinski definition) is 2. The lowest BCUT2D eigenvalue weighted by Crippen LogP contribution is -2.12. The minimum atomic E-state index is -3.50. The first-order valence-corrected chi connectivity index (χ1v) is 12.3. The molecule has 1 heterocycles. The van der Waals surface area contributed by atoms with Crippen molar-refractivity contribution in [2.75, 3.05) is 0 Å². The molecule has 170 valence electrons. The molecule has 0 atom stereocenters. The maximum atomic E-state index is 13.0. The Morgan fingerprint density at radius 3 is 2.06 bits per heavy atom. The van der Waals surface area contributed by atoms with Gasteiger partial charge in [0.1, 0.15) is 0 Å². The molecule has 4 aromatic rings. The molecular weight excluding hydrogens is 436 g/mol. The number of hydrogen-bond acceptors (Lipinski definition) is 5. The lowest BCUT2D eigenvalue weighted by Gasteiger charge is -2.12. The Morgan fingerprint density at radius 2 is 1.42 bits per heavy atom. The van der Waals surface area contributed by atoms with Crippen LogP contribution in [0.1, 0.15) is 22.4 Å². The van der Waals surface area contributed by atoms with Crippen LogP contribution in [0.3, 0.4) is 0 Å². The number of benzene rings is 3. The van der Waals surface area contributed by atoms with Gasteiger partial charge in [-0.25, -0.2) is 8.42 Å². The van der Waals surface area contributed by atoms with Gasteiger partial charge in [-0.05, 0) is 30.2 Å². The topological polar surface area (TPSA) is 92.4 Å². The third-order valence-electron chi connectivity index (χ3n) is 5.65. The molecule has 0 aliphatic heterocycles. The van der Waals surface area contributed by atoms with Crippen LogP contribution in [0.15, 0.2) is 89.8 Å². The fraction of sp³-hybridized carbons (Fsp3) is 0.192. The van der Waals surface area contributed by atoms with E-state index in [4.69, 9.17) is 5.10 Å². The Bertz CT molecular complexity index is 1330. The normalized spacial score (nSPS) is 11.8. The van der Waals surface area contributed by atoms with E-state index in [9.17, 15) is 18.6 Å². The molecule has 6 nitrogen and oxygen atoms in total. The SMILES string of the molecule is Cc1c(CC(O)O)c(-c2ccccc2)nn1Cc1ccccc1CS(=O)(=O)c1ccccc1. The zero-order valence-corrected chi connectivity index (χ0v) is 19.1. The van der Waals surface area contributed by atoms with E-state index < -0.39 is 16.1 Å².